The fraction of sp³-hybridized carbons (Fsp3) is 0. The second-order valence-corrected chi connectivity index (χ2v) is 11.8. The van der Waals surface area contributed by atoms with E-state index in [0.717, 1.165) is 50.3 Å². The molecule has 6 aromatic rings. The quantitative estimate of drug-likeness (QED) is 0.180. The molecule has 3 aliphatic rings. The predicted octanol–water partition coefficient (Wildman–Crippen LogP) is 9.20. The fourth-order valence-corrected chi connectivity index (χ4v) is 6.66. The number of aromatic nitrogens is 3. The van der Waals surface area contributed by atoms with Crippen LogP contribution in [0.25, 0.3) is 56.4 Å². The Bertz CT molecular complexity index is 2210. The molecular formula is C41H29BN6. The summed E-state index contributed by atoms with van der Waals surface area (Å²) in [4.78, 5) is 19.6. The lowest BCUT2D eigenvalue weighted by molar-refractivity contribution is 0.567. The van der Waals surface area contributed by atoms with Crippen LogP contribution in [0.2, 0.25) is 0 Å². The molecule has 5 aromatic carbocycles. The number of hydrazine groups is 1. The lowest BCUT2D eigenvalue weighted by Gasteiger charge is -2.49. The van der Waals surface area contributed by atoms with Crippen molar-refractivity contribution < 1.29 is 0 Å². The first-order chi connectivity index (χ1) is 23.8. The van der Waals surface area contributed by atoms with E-state index >= 15 is 0 Å². The summed E-state index contributed by atoms with van der Waals surface area (Å²) >= 11 is 0. The number of allylic oxidation sites excluding steroid dienone is 4. The van der Waals surface area contributed by atoms with Gasteiger partial charge in [-0.25, -0.2) is 15.0 Å². The molecule has 3 aliphatic heterocycles. The molecule has 1 aromatic heterocycles. The summed E-state index contributed by atoms with van der Waals surface area (Å²) in [6, 6.07) is 43.9. The van der Waals surface area contributed by atoms with Gasteiger partial charge in [-0.1, -0.05) is 127 Å². The lowest BCUT2D eigenvalue weighted by atomic mass is 9.69. The van der Waals surface area contributed by atoms with Crippen LogP contribution in [0.4, 0.5) is 11.4 Å². The number of nitrogens with zero attached hydrogens (tertiary/aromatic N) is 6. The summed E-state index contributed by atoms with van der Waals surface area (Å²) in [5, 5.41) is 2.27. The number of fused-ring (bicyclic) bond motifs is 6. The van der Waals surface area contributed by atoms with Crippen molar-refractivity contribution in [3.8, 4) is 56.4 Å². The lowest BCUT2D eigenvalue weighted by Crippen LogP contribution is -2.58. The van der Waals surface area contributed by atoms with Gasteiger partial charge in [-0.3, -0.25) is 5.01 Å². The summed E-state index contributed by atoms with van der Waals surface area (Å²) in [6.45, 7) is 0.0522. The maximum Gasteiger partial charge on any atom is 0.427 e. The molecule has 0 aliphatic carbocycles. The molecule has 4 heterocycles. The summed E-state index contributed by atoms with van der Waals surface area (Å²) in [7, 11) is 0. The van der Waals surface area contributed by atoms with E-state index in [1.165, 1.54) is 0 Å². The Balaban J connectivity index is 1.25. The largest absolute Gasteiger partial charge is 0.427 e. The van der Waals surface area contributed by atoms with Crippen LogP contribution in [0.15, 0.2) is 176 Å². The van der Waals surface area contributed by atoms with Crippen LogP contribution in [-0.2, 0) is 0 Å². The molecule has 0 atom stereocenters. The van der Waals surface area contributed by atoms with Crippen LogP contribution >= 0.6 is 0 Å². The molecule has 0 bridgehead atoms. The second-order valence-electron chi connectivity index (χ2n) is 11.8. The molecule has 226 valence electrons. The van der Waals surface area contributed by atoms with Gasteiger partial charge in [0.2, 0.25) is 0 Å². The predicted molar refractivity (Wildman–Crippen MR) is 196 cm³/mol. The van der Waals surface area contributed by atoms with Crippen molar-refractivity contribution >= 4 is 18.4 Å². The smallest absolute Gasteiger partial charge is 0.365 e. The molecule has 9 rings (SSSR count). The molecule has 0 saturated carbocycles. The zero-order valence-electron chi connectivity index (χ0n) is 26.0. The first-order valence-corrected chi connectivity index (χ1v) is 16.1. The molecular weight excluding hydrogens is 587 g/mol. The van der Waals surface area contributed by atoms with E-state index < -0.39 is 0 Å². The third-order valence-corrected chi connectivity index (χ3v) is 8.90. The number of para-hydroxylation sites is 1. The normalized spacial score (nSPS) is 14.2. The standard InChI is InChI=1S/C41H29BN6/c1-4-15-30(16-5-1)36-29-33(41-44-39(31-17-6-2-7-18-31)43-40(45-41)32-19-8-3-9-20-32)23-24-34(36)35-21-14-22-37-38(35)47-27-12-13-28-48(47)42-25-10-11-26-46(37)42/h1-29H. The summed E-state index contributed by atoms with van der Waals surface area (Å²) in [6.07, 6.45) is 14.8. The van der Waals surface area contributed by atoms with Gasteiger partial charge in [-0.15, -0.1) is 0 Å². The molecule has 0 amide bonds. The Labute approximate surface area is 280 Å². The van der Waals surface area contributed by atoms with Gasteiger partial charge in [-0.05, 0) is 53.3 Å². The van der Waals surface area contributed by atoms with E-state index in [0.29, 0.717) is 17.5 Å². The molecule has 0 spiro atoms. The van der Waals surface area contributed by atoms with E-state index in [1.807, 2.05) is 60.7 Å². The maximum absolute atomic E-state index is 5.03. The van der Waals surface area contributed by atoms with Gasteiger partial charge in [0.05, 0.1) is 11.4 Å². The summed E-state index contributed by atoms with van der Waals surface area (Å²) in [5.74, 6) is 4.14. The van der Waals surface area contributed by atoms with Crippen LogP contribution in [0.3, 0.4) is 0 Å². The highest BCUT2D eigenvalue weighted by Gasteiger charge is 2.40. The molecule has 48 heavy (non-hydrogen) atoms. The van der Waals surface area contributed by atoms with Crippen molar-refractivity contribution in [3.63, 3.8) is 0 Å². The number of rotatable bonds is 5. The van der Waals surface area contributed by atoms with Crippen molar-refractivity contribution in [3.05, 3.63) is 176 Å². The van der Waals surface area contributed by atoms with E-state index in [2.05, 4.69) is 130 Å². The van der Waals surface area contributed by atoms with Crippen molar-refractivity contribution in [2.24, 2.45) is 0 Å². The van der Waals surface area contributed by atoms with Crippen LogP contribution in [0, 0.1) is 0 Å². The minimum atomic E-state index is 0.0522. The van der Waals surface area contributed by atoms with E-state index in [1.54, 1.807) is 0 Å². The first kappa shape index (κ1) is 27.8. The molecule has 6 nitrogen and oxygen atoms in total. The molecule has 0 unspecified atom stereocenters. The zero-order chi connectivity index (χ0) is 31.9. The van der Waals surface area contributed by atoms with Gasteiger partial charge in [-0.2, -0.15) is 0 Å². The van der Waals surface area contributed by atoms with E-state index in [4.69, 9.17) is 15.0 Å². The minimum Gasteiger partial charge on any atom is -0.365 e. The number of hydrogen-bond donors (Lipinski definition) is 0. The highest BCUT2D eigenvalue weighted by molar-refractivity contribution is 6.68. The SMILES string of the molecule is C1=CB2N(C=C1)c1cccc(-c3ccc(-c4nc(-c5ccccc5)nc(-c5ccccc5)n4)cc3-c3ccccc3)c1N1C=CC=CN21. The molecule has 0 radical (unpaired) electrons. The van der Waals surface area contributed by atoms with E-state index in [-0.39, 0.29) is 6.98 Å². The molecule has 7 heteroatoms. The second kappa shape index (κ2) is 11.7. The van der Waals surface area contributed by atoms with E-state index in [9.17, 15) is 0 Å². The summed E-state index contributed by atoms with van der Waals surface area (Å²) in [5.41, 5.74) is 9.56. The van der Waals surface area contributed by atoms with Gasteiger partial charge in [0, 0.05) is 34.7 Å². The highest BCUT2D eigenvalue weighted by Crippen LogP contribution is 2.48. The van der Waals surface area contributed by atoms with Crippen molar-refractivity contribution in [1.82, 2.24) is 19.9 Å². The third kappa shape index (κ3) is 4.80. The minimum absolute atomic E-state index is 0.0522. The van der Waals surface area contributed by atoms with Crippen LogP contribution < -0.4 is 9.82 Å². The van der Waals surface area contributed by atoms with Crippen LogP contribution in [-0.4, -0.2) is 26.9 Å². The van der Waals surface area contributed by atoms with Crippen LogP contribution in [0.5, 0.6) is 0 Å². The highest BCUT2D eigenvalue weighted by atomic mass is 15.6. The molecule has 0 saturated heterocycles. The summed E-state index contributed by atoms with van der Waals surface area (Å²) < 4.78 is 0. The van der Waals surface area contributed by atoms with Gasteiger partial charge in [0.1, 0.15) is 0 Å². The average Bonchev–Trinajstić information content (AvgIpc) is 3.18. The van der Waals surface area contributed by atoms with Crippen molar-refractivity contribution in [2.45, 2.75) is 0 Å². The third-order valence-electron chi connectivity index (χ3n) is 8.90. The molecule has 0 fully saturated rings. The Morgan fingerprint density at radius 1 is 0.438 bits per heavy atom. The van der Waals surface area contributed by atoms with Crippen LogP contribution in [0.1, 0.15) is 0 Å². The maximum atomic E-state index is 5.03. The van der Waals surface area contributed by atoms with Gasteiger partial charge >= 0.3 is 6.98 Å². The Hall–Kier alpha value is -6.47. The zero-order valence-corrected chi connectivity index (χ0v) is 26.0. The van der Waals surface area contributed by atoms with Gasteiger partial charge < -0.3 is 9.73 Å². The number of anilines is 2. The Morgan fingerprint density at radius 2 is 1.04 bits per heavy atom. The van der Waals surface area contributed by atoms with Gasteiger partial charge in [0.15, 0.2) is 17.5 Å². The monoisotopic (exact) mass is 616 g/mol. The fourth-order valence-electron chi connectivity index (χ4n) is 6.66. The molecule has 0 N–H and O–H groups in total. The number of benzene rings is 5. The van der Waals surface area contributed by atoms with Crippen molar-refractivity contribution in [2.75, 3.05) is 9.82 Å². The first-order valence-electron chi connectivity index (χ1n) is 16.1. The Morgan fingerprint density at radius 3 is 1.73 bits per heavy atom. The Kier molecular flexibility index (Phi) is 6.79. The average molecular weight is 617 g/mol. The van der Waals surface area contributed by atoms with Gasteiger partial charge in [0.25, 0.3) is 0 Å². The van der Waals surface area contributed by atoms with Crippen molar-refractivity contribution in [1.29, 1.82) is 0 Å². The number of hydrogen-bond acceptors (Lipinski definition) is 6. The topological polar surface area (TPSA) is 48.4 Å².